The summed E-state index contributed by atoms with van der Waals surface area (Å²) in [5.41, 5.74) is 0. The molecule has 0 fully saturated rings. The Morgan fingerprint density at radius 1 is 1.33 bits per heavy atom. The number of carbonyl (C=O) groups is 1. The van der Waals surface area contributed by atoms with Crippen molar-refractivity contribution >= 4 is 5.97 Å². The Kier molecular flexibility index (Phi) is 7.02. The number of hydrogen-bond acceptors (Lipinski definition) is 3. The quantitative estimate of drug-likeness (QED) is 0.397. The van der Waals surface area contributed by atoms with E-state index in [2.05, 4.69) is 32.9 Å². The summed E-state index contributed by atoms with van der Waals surface area (Å²) in [4.78, 5) is 11.5. The highest BCUT2D eigenvalue weighted by molar-refractivity contribution is 5.69. The van der Waals surface area contributed by atoms with Crippen LogP contribution in [-0.4, -0.2) is 25.8 Å². The van der Waals surface area contributed by atoms with E-state index in [-0.39, 0.29) is 5.97 Å². The van der Waals surface area contributed by atoms with E-state index in [1.54, 1.807) is 0 Å². The van der Waals surface area contributed by atoms with Crippen LogP contribution in [0.4, 0.5) is 0 Å². The Morgan fingerprint density at radius 3 is 2.72 bits per heavy atom. The summed E-state index contributed by atoms with van der Waals surface area (Å²) in [6.07, 6.45) is 6.88. The summed E-state index contributed by atoms with van der Waals surface area (Å²) in [6, 6.07) is 0. The van der Waals surface area contributed by atoms with Gasteiger partial charge in [-0.1, -0.05) is 32.9 Å². The largest absolute Gasteiger partial charge is 0.465 e. The van der Waals surface area contributed by atoms with Crippen LogP contribution in [0, 0.1) is 17.8 Å². The molecule has 0 spiro atoms. The molecule has 0 aromatic heterocycles. The Morgan fingerprint density at radius 2 is 2.06 bits per heavy atom. The zero-order valence-corrected chi connectivity index (χ0v) is 11.9. The van der Waals surface area contributed by atoms with Gasteiger partial charge in [-0.25, -0.2) is 0 Å². The maximum Gasteiger partial charge on any atom is 0.308 e. The smallest absolute Gasteiger partial charge is 0.308 e. The highest BCUT2D eigenvalue weighted by atomic mass is 16.5. The molecule has 1 rings (SSSR count). The van der Waals surface area contributed by atoms with Gasteiger partial charge in [0.15, 0.2) is 0 Å². The van der Waals surface area contributed by atoms with Crippen molar-refractivity contribution in [1.82, 2.24) is 0 Å². The minimum Gasteiger partial charge on any atom is -0.465 e. The van der Waals surface area contributed by atoms with Crippen LogP contribution in [0.5, 0.6) is 0 Å². The van der Waals surface area contributed by atoms with Crippen LogP contribution >= 0.6 is 0 Å². The first-order valence-corrected chi connectivity index (χ1v) is 6.98. The standard InChI is InChI=1S/C15H26O3/c1-12(2)10-17-9-8-15(16)18-11-14-7-5-4-6-13(14)3/h4-5,12-14H,6-11H2,1-3H3. The van der Waals surface area contributed by atoms with Crippen molar-refractivity contribution in [2.45, 2.75) is 40.0 Å². The molecule has 3 nitrogen and oxygen atoms in total. The van der Waals surface area contributed by atoms with Gasteiger partial charge in [0.25, 0.3) is 0 Å². The Bertz CT molecular complexity index is 271. The molecular formula is C15H26O3. The van der Waals surface area contributed by atoms with Crippen LogP contribution in [0.25, 0.3) is 0 Å². The summed E-state index contributed by atoms with van der Waals surface area (Å²) >= 11 is 0. The van der Waals surface area contributed by atoms with Gasteiger partial charge in [-0.3, -0.25) is 4.79 Å². The molecule has 0 aromatic rings. The molecule has 3 heteroatoms. The molecule has 18 heavy (non-hydrogen) atoms. The first-order valence-electron chi connectivity index (χ1n) is 6.98. The Labute approximate surface area is 111 Å². The van der Waals surface area contributed by atoms with Crippen molar-refractivity contribution in [3.63, 3.8) is 0 Å². The van der Waals surface area contributed by atoms with E-state index in [1.807, 2.05) is 0 Å². The molecule has 0 saturated carbocycles. The lowest BCUT2D eigenvalue weighted by atomic mass is 9.85. The van der Waals surface area contributed by atoms with E-state index >= 15 is 0 Å². The molecular weight excluding hydrogens is 228 g/mol. The number of ether oxygens (including phenoxy) is 2. The zero-order chi connectivity index (χ0) is 13.4. The normalized spacial score (nSPS) is 23.3. The van der Waals surface area contributed by atoms with E-state index in [9.17, 15) is 4.79 Å². The van der Waals surface area contributed by atoms with Crippen LogP contribution in [0.15, 0.2) is 12.2 Å². The van der Waals surface area contributed by atoms with Crippen molar-refractivity contribution in [2.24, 2.45) is 17.8 Å². The van der Waals surface area contributed by atoms with Gasteiger partial charge in [-0.2, -0.15) is 0 Å². The predicted molar refractivity (Wildman–Crippen MR) is 72.3 cm³/mol. The average Bonchev–Trinajstić information content (AvgIpc) is 2.33. The lowest BCUT2D eigenvalue weighted by Crippen LogP contribution is -2.22. The predicted octanol–water partition coefficient (Wildman–Crippen LogP) is 3.19. The van der Waals surface area contributed by atoms with Gasteiger partial charge in [0, 0.05) is 6.61 Å². The van der Waals surface area contributed by atoms with E-state index in [0.29, 0.717) is 44.0 Å². The van der Waals surface area contributed by atoms with Crippen LogP contribution in [-0.2, 0) is 14.3 Å². The molecule has 0 amide bonds. The number of esters is 1. The fourth-order valence-electron chi connectivity index (χ4n) is 1.99. The van der Waals surface area contributed by atoms with Gasteiger partial charge in [-0.05, 0) is 30.6 Å². The molecule has 1 aliphatic rings. The van der Waals surface area contributed by atoms with Crippen LogP contribution in [0.3, 0.4) is 0 Å². The highest BCUT2D eigenvalue weighted by Gasteiger charge is 2.19. The summed E-state index contributed by atoms with van der Waals surface area (Å²) in [5, 5.41) is 0. The maximum atomic E-state index is 11.5. The van der Waals surface area contributed by atoms with Crippen molar-refractivity contribution in [1.29, 1.82) is 0 Å². The molecule has 0 bridgehead atoms. The first kappa shape index (κ1) is 15.2. The van der Waals surface area contributed by atoms with Gasteiger partial charge in [-0.15, -0.1) is 0 Å². The summed E-state index contributed by atoms with van der Waals surface area (Å²) in [7, 11) is 0. The van der Waals surface area contributed by atoms with Gasteiger partial charge in [0.1, 0.15) is 0 Å². The van der Waals surface area contributed by atoms with Crippen molar-refractivity contribution in [3.8, 4) is 0 Å². The molecule has 0 aliphatic heterocycles. The number of hydrogen-bond donors (Lipinski definition) is 0. The van der Waals surface area contributed by atoms with Crippen LogP contribution < -0.4 is 0 Å². The Balaban J connectivity index is 2.07. The Hall–Kier alpha value is -0.830. The second kappa shape index (κ2) is 8.30. The van der Waals surface area contributed by atoms with E-state index in [4.69, 9.17) is 9.47 Å². The molecule has 104 valence electrons. The minimum absolute atomic E-state index is 0.138. The molecule has 0 radical (unpaired) electrons. The molecule has 0 heterocycles. The van der Waals surface area contributed by atoms with E-state index in [1.165, 1.54) is 0 Å². The van der Waals surface area contributed by atoms with Gasteiger partial charge >= 0.3 is 5.97 Å². The van der Waals surface area contributed by atoms with Crippen molar-refractivity contribution in [2.75, 3.05) is 19.8 Å². The second-order valence-electron chi connectivity index (χ2n) is 5.58. The summed E-state index contributed by atoms with van der Waals surface area (Å²) in [6.45, 7) is 8.13. The molecule has 1 aliphatic carbocycles. The third kappa shape index (κ3) is 6.20. The number of carbonyl (C=O) groups excluding carboxylic acids is 1. The van der Waals surface area contributed by atoms with Gasteiger partial charge in [0.2, 0.25) is 0 Å². The van der Waals surface area contributed by atoms with Crippen LogP contribution in [0.2, 0.25) is 0 Å². The topological polar surface area (TPSA) is 35.5 Å². The zero-order valence-electron chi connectivity index (χ0n) is 11.9. The molecule has 2 atom stereocenters. The minimum atomic E-state index is -0.138. The van der Waals surface area contributed by atoms with Crippen LogP contribution in [0.1, 0.15) is 40.0 Å². The maximum absolute atomic E-state index is 11.5. The monoisotopic (exact) mass is 254 g/mol. The van der Waals surface area contributed by atoms with Crippen molar-refractivity contribution in [3.05, 3.63) is 12.2 Å². The third-order valence-electron chi connectivity index (χ3n) is 3.28. The first-order chi connectivity index (χ1) is 8.59. The summed E-state index contributed by atoms with van der Waals surface area (Å²) in [5.74, 6) is 1.46. The average molecular weight is 254 g/mol. The third-order valence-corrected chi connectivity index (χ3v) is 3.28. The molecule has 0 N–H and O–H groups in total. The highest BCUT2D eigenvalue weighted by Crippen LogP contribution is 2.25. The molecule has 0 saturated heterocycles. The van der Waals surface area contributed by atoms with E-state index in [0.717, 1.165) is 12.8 Å². The second-order valence-corrected chi connectivity index (χ2v) is 5.58. The van der Waals surface area contributed by atoms with E-state index < -0.39 is 0 Å². The van der Waals surface area contributed by atoms with Gasteiger partial charge in [0.05, 0.1) is 19.6 Å². The molecule has 0 aromatic carbocycles. The lowest BCUT2D eigenvalue weighted by Gasteiger charge is -2.24. The van der Waals surface area contributed by atoms with Gasteiger partial charge < -0.3 is 9.47 Å². The number of rotatable bonds is 7. The lowest BCUT2D eigenvalue weighted by molar-refractivity contribution is -0.146. The number of allylic oxidation sites excluding steroid dienone is 2. The van der Waals surface area contributed by atoms with Crippen molar-refractivity contribution < 1.29 is 14.3 Å². The summed E-state index contributed by atoms with van der Waals surface area (Å²) < 4.78 is 10.7. The fraction of sp³-hybridized carbons (Fsp3) is 0.800. The molecule has 2 unspecified atom stereocenters. The SMILES string of the molecule is CC(C)COCCC(=O)OCC1CC=CCC1C. The fourth-order valence-corrected chi connectivity index (χ4v) is 1.99.